The van der Waals surface area contributed by atoms with E-state index in [0.29, 0.717) is 23.5 Å². The smallest absolute Gasteiger partial charge is 0.191 e. The maximum absolute atomic E-state index is 6.03. The Morgan fingerprint density at radius 2 is 2.21 bits per heavy atom. The van der Waals surface area contributed by atoms with Crippen LogP contribution in [0.2, 0.25) is 0 Å². The lowest BCUT2D eigenvalue weighted by molar-refractivity contribution is -0.171. The number of nitrogens with one attached hydrogen (secondary N) is 2. The molecular formula is C22H31N5O. The molecule has 2 heterocycles. The Morgan fingerprint density at radius 1 is 1.36 bits per heavy atom. The van der Waals surface area contributed by atoms with Crippen LogP contribution in [0.4, 0.5) is 0 Å². The summed E-state index contributed by atoms with van der Waals surface area (Å²) in [6.07, 6.45) is 6.66. The van der Waals surface area contributed by atoms with Gasteiger partial charge in [0.05, 0.1) is 17.1 Å². The number of aromatic nitrogens is 2. The summed E-state index contributed by atoms with van der Waals surface area (Å²) in [5.41, 5.74) is 2.68. The van der Waals surface area contributed by atoms with Crippen LogP contribution in [0.1, 0.15) is 37.9 Å². The van der Waals surface area contributed by atoms with Gasteiger partial charge in [-0.2, -0.15) is 0 Å². The van der Waals surface area contributed by atoms with Crippen molar-refractivity contribution in [3.05, 3.63) is 30.1 Å². The number of fused-ring (bicyclic) bond motifs is 3. The molecule has 150 valence electrons. The van der Waals surface area contributed by atoms with Crippen molar-refractivity contribution in [3.8, 4) is 0 Å². The molecule has 2 aromatic rings. The van der Waals surface area contributed by atoms with Crippen LogP contribution >= 0.6 is 0 Å². The minimum Gasteiger partial charge on any atom is -0.377 e. The first-order valence-electron chi connectivity index (χ1n) is 10.7. The molecule has 6 heteroatoms. The molecule has 1 spiro atoms. The number of imidazole rings is 1. The largest absolute Gasteiger partial charge is 0.377 e. The molecule has 1 aliphatic heterocycles. The highest BCUT2D eigenvalue weighted by Crippen LogP contribution is 2.62. The molecule has 3 atom stereocenters. The molecular weight excluding hydrogens is 350 g/mol. The molecule has 6 nitrogen and oxygen atoms in total. The van der Waals surface area contributed by atoms with Crippen molar-refractivity contribution in [1.29, 1.82) is 0 Å². The van der Waals surface area contributed by atoms with Crippen LogP contribution in [0.3, 0.4) is 0 Å². The summed E-state index contributed by atoms with van der Waals surface area (Å²) in [5.74, 6) is 2.69. The maximum Gasteiger partial charge on any atom is 0.191 e. The second-order valence-electron chi connectivity index (χ2n) is 8.60. The van der Waals surface area contributed by atoms with Gasteiger partial charge >= 0.3 is 0 Å². The average Bonchev–Trinajstić information content (AvgIpc) is 3.22. The van der Waals surface area contributed by atoms with Crippen molar-refractivity contribution in [2.75, 3.05) is 20.2 Å². The Bertz CT molecular complexity index is 884. The van der Waals surface area contributed by atoms with Gasteiger partial charge in [-0.05, 0) is 44.7 Å². The van der Waals surface area contributed by atoms with Gasteiger partial charge < -0.3 is 19.9 Å². The number of hydrogen-bond acceptors (Lipinski definition) is 3. The van der Waals surface area contributed by atoms with Crippen LogP contribution in [0, 0.1) is 18.3 Å². The van der Waals surface area contributed by atoms with E-state index in [1.165, 1.54) is 31.2 Å². The highest BCUT2D eigenvalue weighted by atomic mass is 16.5. The van der Waals surface area contributed by atoms with Crippen LogP contribution in [0.5, 0.6) is 0 Å². The molecule has 3 fully saturated rings. The number of benzene rings is 1. The van der Waals surface area contributed by atoms with Crippen molar-refractivity contribution >= 4 is 17.0 Å². The zero-order chi connectivity index (χ0) is 19.1. The quantitative estimate of drug-likeness (QED) is 0.475. The number of rotatable bonds is 5. The van der Waals surface area contributed by atoms with E-state index in [0.717, 1.165) is 43.4 Å². The van der Waals surface area contributed by atoms with E-state index >= 15 is 0 Å². The van der Waals surface area contributed by atoms with Crippen LogP contribution in [-0.4, -0.2) is 47.9 Å². The van der Waals surface area contributed by atoms with E-state index in [1.54, 1.807) is 0 Å². The van der Waals surface area contributed by atoms with Crippen LogP contribution in [0.15, 0.2) is 29.3 Å². The second-order valence-corrected chi connectivity index (χ2v) is 8.60. The van der Waals surface area contributed by atoms with E-state index in [4.69, 9.17) is 4.74 Å². The molecule has 0 bridgehead atoms. The summed E-state index contributed by atoms with van der Waals surface area (Å²) in [5, 5.41) is 7.27. The molecule has 1 saturated heterocycles. The summed E-state index contributed by atoms with van der Waals surface area (Å²) in [6.45, 7) is 4.88. The Labute approximate surface area is 166 Å². The summed E-state index contributed by atoms with van der Waals surface area (Å²) < 4.78 is 8.34. The van der Waals surface area contributed by atoms with Crippen molar-refractivity contribution in [3.63, 3.8) is 0 Å². The fraction of sp³-hybridized carbons (Fsp3) is 0.636. The molecule has 3 unspecified atom stereocenters. The fourth-order valence-corrected chi connectivity index (χ4v) is 5.72. The predicted molar refractivity (Wildman–Crippen MR) is 112 cm³/mol. The summed E-state index contributed by atoms with van der Waals surface area (Å²) in [7, 11) is 1.87. The van der Waals surface area contributed by atoms with Gasteiger partial charge in [-0.3, -0.25) is 4.99 Å². The minimum atomic E-state index is 0.381. The topological polar surface area (TPSA) is 63.5 Å². The predicted octanol–water partition coefficient (Wildman–Crippen LogP) is 2.86. The van der Waals surface area contributed by atoms with E-state index in [2.05, 4.69) is 50.3 Å². The fourth-order valence-electron chi connectivity index (χ4n) is 5.72. The summed E-state index contributed by atoms with van der Waals surface area (Å²) in [4.78, 5) is 9.14. The first-order valence-corrected chi connectivity index (χ1v) is 10.7. The maximum atomic E-state index is 6.03. The molecule has 0 amide bonds. The summed E-state index contributed by atoms with van der Waals surface area (Å²) >= 11 is 0. The Hall–Kier alpha value is -2.08. The van der Waals surface area contributed by atoms with E-state index in [-0.39, 0.29) is 0 Å². The first kappa shape index (κ1) is 18.0. The monoisotopic (exact) mass is 381 g/mol. The Morgan fingerprint density at radius 3 is 3.00 bits per heavy atom. The first-order chi connectivity index (χ1) is 13.7. The van der Waals surface area contributed by atoms with E-state index < -0.39 is 0 Å². The zero-order valence-electron chi connectivity index (χ0n) is 16.9. The molecule has 1 aromatic heterocycles. The van der Waals surface area contributed by atoms with E-state index in [1.807, 2.05) is 13.1 Å². The van der Waals surface area contributed by atoms with Crippen molar-refractivity contribution in [1.82, 2.24) is 20.2 Å². The van der Waals surface area contributed by atoms with Crippen LogP contribution in [-0.2, 0) is 11.3 Å². The van der Waals surface area contributed by atoms with Crippen molar-refractivity contribution in [2.45, 2.75) is 57.7 Å². The number of ether oxygens (including phenoxy) is 1. The highest BCUT2D eigenvalue weighted by molar-refractivity contribution is 5.80. The number of para-hydroxylation sites is 2. The number of aliphatic imine (C=N–C) groups is 1. The third-order valence-electron chi connectivity index (χ3n) is 7.25. The second kappa shape index (κ2) is 7.07. The van der Waals surface area contributed by atoms with Crippen molar-refractivity contribution < 1.29 is 4.74 Å². The van der Waals surface area contributed by atoms with Crippen molar-refractivity contribution in [2.24, 2.45) is 16.3 Å². The van der Waals surface area contributed by atoms with Gasteiger partial charge in [-0.15, -0.1) is 0 Å². The number of aryl methyl sites for hydroxylation is 2. The van der Waals surface area contributed by atoms with Gasteiger partial charge in [-0.1, -0.05) is 18.6 Å². The van der Waals surface area contributed by atoms with Gasteiger partial charge in [-0.25, -0.2) is 4.98 Å². The molecule has 0 radical (unpaired) electrons. The molecule has 1 aromatic carbocycles. The van der Waals surface area contributed by atoms with Gasteiger partial charge in [0.2, 0.25) is 0 Å². The molecule has 2 aliphatic carbocycles. The Kier molecular flexibility index (Phi) is 4.54. The van der Waals surface area contributed by atoms with Gasteiger partial charge in [0, 0.05) is 44.1 Å². The third kappa shape index (κ3) is 2.72. The number of hydrogen-bond donors (Lipinski definition) is 2. The lowest BCUT2D eigenvalue weighted by atomic mass is 9.46. The van der Waals surface area contributed by atoms with Crippen LogP contribution < -0.4 is 10.6 Å². The molecule has 3 aliphatic rings. The molecule has 2 saturated carbocycles. The normalized spacial score (nSPS) is 28.1. The van der Waals surface area contributed by atoms with Gasteiger partial charge in [0.15, 0.2) is 5.96 Å². The summed E-state index contributed by atoms with van der Waals surface area (Å²) in [6, 6.07) is 8.89. The zero-order valence-corrected chi connectivity index (χ0v) is 16.9. The lowest BCUT2D eigenvalue weighted by Crippen LogP contribution is -2.72. The SMILES string of the molecule is CN=C(NCCCn1c(C)nc2ccccc21)NC1C2CCOC2C12CCC2. The number of guanidine groups is 1. The number of nitrogens with zero attached hydrogens (tertiary/aromatic N) is 3. The standard InChI is InChI=1S/C22H31N5O/c1-15-25-17-7-3-4-8-18(17)27(15)13-6-12-24-21(23-2)26-19-16-9-14-28-20(16)22(19)10-5-11-22/h3-4,7-8,16,19-20H,5-6,9-14H2,1-2H3,(H2,23,24,26). The van der Waals surface area contributed by atoms with Gasteiger partial charge in [0.25, 0.3) is 0 Å². The molecule has 28 heavy (non-hydrogen) atoms. The van der Waals surface area contributed by atoms with Crippen LogP contribution in [0.25, 0.3) is 11.0 Å². The Balaban J connectivity index is 1.16. The van der Waals surface area contributed by atoms with Gasteiger partial charge in [0.1, 0.15) is 5.82 Å². The molecule has 2 N–H and O–H groups in total. The average molecular weight is 382 g/mol. The third-order valence-corrected chi connectivity index (χ3v) is 7.25. The van der Waals surface area contributed by atoms with E-state index in [9.17, 15) is 0 Å². The molecule has 5 rings (SSSR count). The minimum absolute atomic E-state index is 0.381. The lowest BCUT2D eigenvalue weighted by Gasteiger charge is -2.63. The highest BCUT2D eigenvalue weighted by Gasteiger charge is 2.66.